The van der Waals surface area contributed by atoms with E-state index in [1.54, 1.807) is 13.2 Å². The molecule has 1 unspecified atom stereocenters. The van der Waals surface area contributed by atoms with Gasteiger partial charge < -0.3 is 14.8 Å². The van der Waals surface area contributed by atoms with Crippen molar-refractivity contribution in [1.29, 1.82) is 0 Å². The van der Waals surface area contributed by atoms with E-state index in [1.807, 2.05) is 23.1 Å². The highest BCUT2D eigenvalue weighted by Gasteiger charge is 2.43. The standard InChI is InChI=1S/C13H18N4O3/c1-14-13(5-9-18)10-16(7-8-17(13)12(19)20)11-4-2-3-6-15-11/h2-4,6,9,14H,5,7-8,10H2,1H3,(H,19,20). The van der Waals surface area contributed by atoms with Crippen LogP contribution in [-0.4, -0.2) is 59.7 Å². The zero-order valence-corrected chi connectivity index (χ0v) is 11.3. The van der Waals surface area contributed by atoms with Gasteiger partial charge in [-0.2, -0.15) is 0 Å². The Kier molecular flexibility index (Phi) is 4.19. The number of nitrogens with one attached hydrogen (secondary N) is 1. The molecular weight excluding hydrogens is 260 g/mol. The third kappa shape index (κ3) is 2.57. The number of nitrogens with zero attached hydrogens (tertiary/aromatic N) is 3. The minimum atomic E-state index is -1.03. The van der Waals surface area contributed by atoms with Gasteiger partial charge in [0.05, 0.1) is 6.54 Å². The van der Waals surface area contributed by atoms with Crippen molar-refractivity contribution >= 4 is 18.2 Å². The van der Waals surface area contributed by atoms with Gasteiger partial charge in [0, 0.05) is 25.7 Å². The van der Waals surface area contributed by atoms with Crippen molar-refractivity contribution in [1.82, 2.24) is 15.2 Å². The maximum atomic E-state index is 11.4. The molecule has 2 heterocycles. The van der Waals surface area contributed by atoms with Gasteiger partial charge >= 0.3 is 6.09 Å². The van der Waals surface area contributed by atoms with Gasteiger partial charge in [0.2, 0.25) is 0 Å². The van der Waals surface area contributed by atoms with Gasteiger partial charge in [-0.15, -0.1) is 0 Å². The number of carbonyl (C=O) groups is 2. The fraction of sp³-hybridized carbons (Fsp3) is 0.462. The Morgan fingerprint density at radius 1 is 1.55 bits per heavy atom. The van der Waals surface area contributed by atoms with Gasteiger partial charge in [-0.3, -0.25) is 10.2 Å². The first-order valence-corrected chi connectivity index (χ1v) is 6.42. The molecule has 1 saturated heterocycles. The van der Waals surface area contributed by atoms with Crippen LogP contribution in [-0.2, 0) is 4.79 Å². The Morgan fingerprint density at radius 3 is 2.90 bits per heavy atom. The Balaban J connectivity index is 2.28. The number of piperazine rings is 1. The first-order chi connectivity index (χ1) is 9.63. The summed E-state index contributed by atoms with van der Waals surface area (Å²) in [5.74, 6) is 0.781. The van der Waals surface area contributed by atoms with Gasteiger partial charge in [0.1, 0.15) is 17.8 Å². The molecule has 0 radical (unpaired) electrons. The first-order valence-electron chi connectivity index (χ1n) is 6.42. The number of pyridine rings is 1. The third-order valence-electron chi connectivity index (χ3n) is 3.65. The summed E-state index contributed by atoms with van der Waals surface area (Å²) in [6.45, 7) is 1.25. The number of amides is 1. The molecule has 0 spiro atoms. The number of hydrogen-bond donors (Lipinski definition) is 2. The predicted molar refractivity (Wildman–Crippen MR) is 73.7 cm³/mol. The van der Waals surface area contributed by atoms with Crippen LogP contribution >= 0.6 is 0 Å². The summed E-state index contributed by atoms with van der Waals surface area (Å²) >= 11 is 0. The van der Waals surface area contributed by atoms with E-state index < -0.39 is 11.8 Å². The van der Waals surface area contributed by atoms with E-state index in [0.29, 0.717) is 19.6 Å². The number of aldehydes is 1. The van der Waals surface area contributed by atoms with Crippen LogP contribution in [0.1, 0.15) is 6.42 Å². The molecular formula is C13H18N4O3. The summed E-state index contributed by atoms with van der Waals surface area (Å²) in [6, 6.07) is 5.58. The minimum absolute atomic E-state index is 0.0964. The van der Waals surface area contributed by atoms with Crippen LogP contribution in [0.25, 0.3) is 0 Å². The van der Waals surface area contributed by atoms with Crippen LogP contribution in [0.2, 0.25) is 0 Å². The molecule has 7 nitrogen and oxygen atoms in total. The fourth-order valence-corrected chi connectivity index (χ4v) is 2.56. The normalized spacial score (nSPS) is 22.6. The number of carbonyl (C=O) groups excluding carboxylic acids is 1. The second kappa shape index (κ2) is 5.87. The van der Waals surface area contributed by atoms with E-state index >= 15 is 0 Å². The Morgan fingerprint density at radius 2 is 2.35 bits per heavy atom. The average molecular weight is 278 g/mol. The molecule has 1 aliphatic rings. The number of rotatable bonds is 4. The SMILES string of the molecule is CNC1(CC=O)CN(c2ccccn2)CCN1C(=O)O. The highest BCUT2D eigenvalue weighted by molar-refractivity contribution is 5.68. The van der Waals surface area contributed by atoms with Crippen LogP contribution in [0.5, 0.6) is 0 Å². The van der Waals surface area contributed by atoms with Crippen LogP contribution in [0, 0.1) is 0 Å². The van der Waals surface area contributed by atoms with Crippen molar-refractivity contribution < 1.29 is 14.7 Å². The summed E-state index contributed by atoms with van der Waals surface area (Å²) in [6.07, 6.45) is 1.51. The Bertz CT molecular complexity index is 482. The molecule has 0 saturated carbocycles. The molecule has 0 aliphatic carbocycles. The smallest absolute Gasteiger partial charge is 0.408 e. The molecule has 1 fully saturated rings. The van der Waals surface area contributed by atoms with Crippen molar-refractivity contribution in [2.45, 2.75) is 12.1 Å². The molecule has 1 aromatic rings. The van der Waals surface area contributed by atoms with Crippen LogP contribution < -0.4 is 10.2 Å². The van der Waals surface area contributed by atoms with E-state index in [0.717, 1.165) is 12.1 Å². The number of likely N-dealkylation sites (N-methyl/N-ethyl adjacent to an activating group) is 1. The number of aromatic nitrogens is 1. The van der Waals surface area contributed by atoms with Crippen molar-refractivity contribution in [3.63, 3.8) is 0 Å². The molecule has 2 N–H and O–H groups in total. The lowest BCUT2D eigenvalue weighted by Gasteiger charge is -2.49. The highest BCUT2D eigenvalue weighted by Crippen LogP contribution is 2.25. The topological polar surface area (TPSA) is 85.8 Å². The van der Waals surface area contributed by atoms with Crippen LogP contribution in [0.4, 0.5) is 10.6 Å². The van der Waals surface area contributed by atoms with Crippen molar-refractivity contribution in [3.8, 4) is 0 Å². The lowest BCUT2D eigenvalue weighted by molar-refractivity contribution is -0.110. The van der Waals surface area contributed by atoms with Crippen molar-refractivity contribution in [3.05, 3.63) is 24.4 Å². The zero-order valence-electron chi connectivity index (χ0n) is 11.3. The monoisotopic (exact) mass is 278 g/mol. The molecule has 1 aromatic heterocycles. The van der Waals surface area contributed by atoms with Gasteiger partial charge in [0.15, 0.2) is 0 Å². The molecule has 1 amide bonds. The van der Waals surface area contributed by atoms with E-state index in [-0.39, 0.29) is 6.42 Å². The number of hydrogen-bond acceptors (Lipinski definition) is 5. The molecule has 0 bridgehead atoms. The Hall–Kier alpha value is -2.15. The van der Waals surface area contributed by atoms with Crippen molar-refractivity contribution in [2.24, 2.45) is 0 Å². The average Bonchev–Trinajstić information content (AvgIpc) is 2.48. The number of anilines is 1. The quantitative estimate of drug-likeness (QED) is 0.775. The molecule has 108 valence electrons. The summed E-state index contributed by atoms with van der Waals surface area (Å²) in [5, 5.41) is 12.3. The largest absolute Gasteiger partial charge is 0.465 e. The lowest BCUT2D eigenvalue weighted by Crippen LogP contribution is -2.70. The van der Waals surface area contributed by atoms with E-state index in [2.05, 4.69) is 10.3 Å². The van der Waals surface area contributed by atoms with E-state index in [1.165, 1.54) is 4.90 Å². The molecule has 1 aliphatic heterocycles. The van der Waals surface area contributed by atoms with E-state index in [9.17, 15) is 14.7 Å². The molecule has 1 atom stereocenters. The van der Waals surface area contributed by atoms with Gasteiger partial charge in [-0.05, 0) is 19.2 Å². The lowest BCUT2D eigenvalue weighted by atomic mass is 10.0. The second-order valence-electron chi connectivity index (χ2n) is 4.70. The molecule has 0 aromatic carbocycles. The Labute approximate surface area is 117 Å². The van der Waals surface area contributed by atoms with Crippen LogP contribution in [0.3, 0.4) is 0 Å². The maximum Gasteiger partial charge on any atom is 0.408 e. The maximum absolute atomic E-state index is 11.4. The number of carboxylic acid groups (broad SMARTS) is 1. The molecule has 7 heteroatoms. The van der Waals surface area contributed by atoms with Gasteiger partial charge in [-0.1, -0.05) is 6.07 Å². The minimum Gasteiger partial charge on any atom is -0.465 e. The van der Waals surface area contributed by atoms with E-state index in [4.69, 9.17) is 0 Å². The summed E-state index contributed by atoms with van der Waals surface area (Å²) in [7, 11) is 1.67. The van der Waals surface area contributed by atoms with Gasteiger partial charge in [-0.25, -0.2) is 9.78 Å². The second-order valence-corrected chi connectivity index (χ2v) is 4.70. The van der Waals surface area contributed by atoms with Crippen LogP contribution in [0.15, 0.2) is 24.4 Å². The molecule has 20 heavy (non-hydrogen) atoms. The summed E-state index contributed by atoms with van der Waals surface area (Å²) in [5.41, 5.74) is -0.913. The third-order valence-corrected chi connectivity index (χ3v) is 3.65. The van der Waals surface area contributed by atoms with Gasteiger partial charge in [0.25, 0.3) is 0 Å². The molecule has 2 rings (SSSR count). The predicted octanol–water partition coefficient (Wildman–Crippen LogP) is 0.386. The highest BCUT2D eigenvalue weighted by atomic mass is 16.4. The first kappa shape index (κ1) is 14.3. The fourth-order valence-electron chi connectivity index (χ4n) is 2.56. The summed E-state index contributed by atoms with van der Waals surface area (Å²) in [4.78, 5) is 29.9. The van der Waals surface area contributed by atoms with Crippen molar-refractivity contribution in [2.75, 3.05) is 31.6 Å². The zero-order chi connectivity index (χ0) is 14.6. The summed E-state index contributed by atoms with van der Waals surface area (Å²) < 4.78 is 0.